The van der Waals surface area contributed by atoms with Crippen LogP contribution in [0.5, 0.6) is 0 Å². The number of alkyl halides is 3. The topological polar surface area (TPSA) is 59.2 Å². The molecule has 26 heavy (non-hydrogen) atoms. The number of pyridine rings is 1. The monoisotopic (exact) mass is 384 g/mol. The Hall–Kier alpha value is -2.39. The average Bonchev–Trinajstić information content (AvgIpc) is 2.99. The number of aromatic nitrogens is 2. The minimum absolute atomic E-state index is 0.162. The quantitative estimate of drug-likeness (QED) is 0.635. The van der Waals surface area contributed by atoms with Crippen LogP contribution < -0.4 is 0 Å². The summed E-state index contributed by atoms with van der Waals surface area (Å²) in [6.07, 6.45) is -4.71. The molecule has 0 aliphatic heterocycles. The lowest BCUT2D eigenvalue weighted by atomic mass is 10.2. The van der Waals surface area contributed by atoms with Gasteiger partial charge in [0.15, 0.2) is 5.09 Å². The molecular formula is C17H12F4N2O2S. The van der Waals surface area contributed by atoms with E-state index < -0.39 is 23.7 Å². The Kier molecular flexibility index (Phi) is 5.01. The van der Waals surface area contributed by atoms with E-state index in [-0.39, 0.29) is 21.7 Å². The van der Waals surface area contributed by atoms with Crippen molar-refractivity contribution in [2.75, 3.05) is 0 Å². The van der Waals surface area contributed by atoms with E-state index in [0.717, 1.165) is 24.0 Å². The van der Waals surface area contributed by atoms with Crippen molar-refractivity contribution < 1.29 is 27.1 Å². The van der Waals surface area contributed by atoms with Gasteiger partial charge in [-0.3, -0.25) is 0 Å². The Bertz CT molecular complexity index is 891. The average molecular weight is 384 g/mol. The predicted octanol–water partition coefficient (Wildman–Crippen LogP) is 5.10. The maximum Gasteiger partial charge on any atom is 0.417 e. The highest BCUT2D eigenvalue weighted by Gasteiger charge is 2.30. The van der Waals surface area contributed by atoms with E-state index in [1.54, 1.807) is 0 Å². The van der Waals surface area contributed by atoms with E-state index >= 15 is 0 Å². The number of hydrogen-bond donors (Lipinski definition) is 1. The number of oxazole rings is 1. The standard InChI is InChI=1S/C17H12F4N2O2S/c1-9(24)14-16(25-15(23-14)10-2-5-12(18)6-3-10)26-13-7-4-11(8-22-13)17(19,20)21/h2-9,24H,1H3. The fourth-order valence-electron chi connectivity index (χ4n) is 2.07. The number of hydrogen-bond acceptors (Lipinski definition) is 5. The normalized spacial score (nSPS) is 13.0. The molecule has 0 saturated carbocycles. The number of aliphatic hydroxyl groups is 1. The lowest BCUT2D eigenvalue weighted by molar-refractivity contribution is -0.137. The molecule has 0 saturated heterocycles. The first-order chi connectivity index (χ1) is 12.2. The van der Waals surface area contributed by atoms with Crippen LogP contribution in [0.2, 0.25) is 0 Å². The van der Waals surface area contributed by atoms with Crippen LogP contribution in [0.1, 0.15) is 24.3 Å². The molecule has 2 aromatic heterocycles. The van der Waals surface area contributed by atoms with E-state index in [9.17, 15) is 22.7 Å². The van der Waals surface area contributed by atoms with Gasteiger partial charge >= 0.3 is 6.18 Å². The van der Waals surface area contributed by atoms with Crippen LogP contribution in [0.4, 0.5) is 17.6 Å². The minimum Gasteiger partial charge on any atom is -0.429 e. The molecule has 1 unspecified atom stereocenters. The van der Waals surface area contributed by atoms with Gasteiger partial charge in [0, 0.05) is 11.8 Å². The Morgan fingerprint density at radius 2 is 1.81 bits per heavy atom. The first-order valence-corrected chi connectivity index (χ1v) is 8.21. The van der Waals surface area contributed by atoms with Gasteiger partial charge in [0.2, 0.25) is 5.89 Å². The summed E-state index contributed by atoms with van der Waals surface area (Å²) in [5.74, 6) is -0.255. The van der Waals surface area contributed by atoms with Gasteiger partial charge in [-0.2, -0.15) is 13.2 Å². The van der Waals surface area contributed by atoms with Crippen LogP contribution in [0.3, 0.4) is 0 Å². The van der Waals surface area contributed by atoms with E-state index in [2.05, 4.69) is 9.97 Å². The number of halogens is 4. The zero-order valence-corrected chi connectivity index (χ0v) is 14.1. The van der Waals surface area contributed by atoms with Crippen molar-refractivity contribution in [3.8, 4) is 11.5 Å². The summed E-state index contributed by atoms with van der Waals surface area (Å²) in [4.78, 5) is 7.95. The molecule has 9 heteroatoms. The highest BCUT2D eigenvalue weighted by atomic mass is 32.2. The van der Waals surface area contributed by atoms with Gasteiger partial charge in [-0.1, -0.05) is 0 Å². The van der Waals surface area contributed by atoms with Crippen molar-refractivity contribution in [1.29, 1.82) is 0 Å². The molecule has 1 aromatic carbocycles. The first-order valence-electron chi connectivity index (χ1n) is 7.40. The molecule has 4 nitrogen and oxygen atoms in total. The third-order valence-corrected chi connectivity index (χ3v) is 4.30. The molecule has 1 N–H and O–H groups in total. The van der Waals surface area contributed by atoms with Crippen molar-refractivity contribution >= 4 is 11.8 Å². The zero-order chi connectivity index (χ0) is 18.9. The van der Waals surface area contributed by atoms with Crippen molar-refractivity contribution in [3.63, 3.8) is 0 Å². The van der Waals surface area contributed by atoms with Gasteiger partial charge in [-0.25, -0.2) is 14.4 Å². The molecule has 2 heterocycles. The van der Waals surface area contributed by atoms with Crippen LogP contribution >= 0.6 is 11.8 Å². The number of rotatable bonds is 4. The third-order valence-electron chi connectivity index (χ3n) is 3.37. The lowest BCUT2D eigenvalue weighted by Gasteiger charge is -2.06. The number of nitrogens with zero attached hydrogens (tertiary/aromatic N) is 2. The molecule has 3 aromatic rings. The van der Waals surface area contributed by atoms with Crippen molar-refractivity contribution in [1.82, 2.24) is 9.97 Å². The Labute approximate surface area is 149 Å². The van der Waals surface area contributed by atoms with Crippen LogP contribution in [0.15, 0.2) is 57.1 Å². The van der Waals surface area contributed by atoms with Crippen LogP contribution in [-0.2, 0) is 6.18 Å². The van der Waals surface area contributed by atoms with Crippen LogP contribution in [0.25, 0.3) is 11.5 Å². The number of benzene rings is 1. The van der Waals surface area contributed by atoms with Gasteiger partial charge in [-0.05, 0) is 55.1 Å². The van der Waals surface area contributed by atoms with Crippen molar-refractivity contribution in [2.24, 2.45) is 0 Å². The maximum atomic E-state index is 13.0. The Morgan fingerprint density at radius 3 is 2.35 bits per heavy atom. The molecule has 0 radical (unpaired) electrons. The van der Waals surface area contributed by atoms with E-state index in [4.69, 9.17) is 4.42 Å². The lowest BCUT2D eigenvalue weighted by Crippen LogP contribution is -2.05. The summed E-state index contributed by atoms with van der Waals surface area (Å²) >= 11 is 0.939. The van der Waals surface area contributed by atoms with E-state index in [0.29, 0.717) is 5.56 Å². The largest absolute Gasteiger partial charge is 0.429 e. The molecule has 0 bridgehead atoms. The first kappa shape index (κ1) is 18.4. The highest BCUT2D eigenvalue weighted by Crippen LogP contribution is 2.37. The third kappa shape index (κ3) is 4.05. The molecule has 136 valence electrons. The Balaban J connectivity index is 1.90. The summed E-state index contributed by atoms with van der Waals surface area (Å²) in [6.45, 7) is 1.48. The predicted molar refractivity (Wildman–Crippen MR) is 85.9 cm³/mol. The summed E-state index contributed by atoms with van der Waals surface area (Å²) < 4.78 is 56.4. The molecule has 0 fully saturated rings. The Morgan fingerprint density at radius 1 is 1.12 bits per heavy atom. The smallest absolute Gasteiger partial charge is 0.417 e. The van der Waals surface area contributed by atoms with Gasteiger partial charge in [0.1, 0.15) is 16.5 Å². The summed E-state index contributed by atoms with van der Waals surface area (Å²) in [5.41, 5.74) is -0.140. The molecule has 0 spiro atoms. The van der Waals surface area contributed by atoms with Crippen LogP contribution in [-0.4, -0.2) is 15.1 Å². The summed E-state index contributed by atoms with van der Waals surface area (Å²) in [6, 6.07) is 7.54. The zero-order valence-electron chi connectivity index (χ0n) is 13.3. The molecule has 3 rings (SSSR count). The minimum atomic E-state index is -4.47. The summed E-state index contributed by atoms with van der Waals surface area (Å²) in [7, 11) is 0. The van der Waals surface area contributed by atoms with E-state index in [1.165, 1.54) is 37.3 Å². The molecular weight excluding hydrogens is 372 g/mol. The van der Waals surface area contributed by atoms with E-state index in [1.807, 2.05) is 0 Å². The SMILES string of the molecule is CC(O)c1nc(-c2ccc(F)cc2)oc1Sc1ccc(C(F)(F)F)cn1. The van der Waals surface area contributed by atoms with Gasteiger partial charge in [-0.15, -0.1) is 0 Å². The molecule has 0 amide bonds. The second kappa shape index (κ2) is 7.08. The molecule has 0 aliphatic carbocycles. The maximum absolute atomic E-state index is 13.0. The van der Waals surface area contributed by atoms with Crippen LogP contribution in [0, 0.1) is 5.82 Å². The fourth-order valence-corrected chi connectivity index (χ4v) is 2.95. The van der Waals surface area contributed by atoms with Gasteiger partial charge < -0.3 is 9.52 Å². The summed E-state index contributed by atoms with van der Waals surface area (Å²) in [5, 5.41) is 10.3. The van der Waals surface area contributed by atoms with Gasteiger partial charge in [0.05, 0.1) is 11.7 Å². The number of aliphatic hydroxyl groups excluding tert-OH is 1. The molecule has 1 atom stereocenters. The second-order valence-electron chi connectivity index (χ2n) is 5.36. The van der Waals surface area contributed by atoms with Crippen molar-refractivity contribution in [3.05, 3.63) is 59.7 Å². The highest BCUT2D eigenvalue weighted by molar-refractivity contribution is 7.99. The van der Waals surface area contributed by atoms with Gasteiger partial charge in [0.25, 0.3) is 0 Å². The molecule has 0 aliphatic rings. The van der Waals surface area contributed by atoms with Crippen molar-refractivity contribution in [2.45, 2.75) is 29.3 Å². The fraction of sp³-hybridized carbons (Fsp3) is 0.176. The second-order valence-corrected chi connectivity index (χ2v) is 6.35.